The molecule has 0 saturated heterocycles. The highest BCUT2D eigenvalue weighted by Crippen LogP contribution is 2.05. The van der Waals surface area contributed by atoms with Gasteiger partial charge in [-0.05, 0) is 32.5 Å². The van der Waals surface area contributed by atoms with E-state index in [1.54, 1.807) is 13.2 Å². The van der Waals surface area contributed by atoms with Crippen molar-refractivity contribution in [3.8, 4) is 0 Å². The second-order valence-corrected chi connectivity index (χ2v) is 8.91. The Morgan fingerprint density at radius 1 is 1.18 bits per heavy atom. The Hall–Kier alpha value is -0.873. The Morgan fingerprint density at radius 2 is 1.71 bits per heavy atom. The molecule has 17 heavy (non-hydrogen) atoms. The molecule has 0 aromatic heterocycles. The third kappa shape index (κ3) is 21.1. The molecule has 4 heteroatoms. The summed E-state index contributed by atoms with van der Waals surface area (Å²) < 4.78 is 9.90. The van der Waals surface area contributed by atoms with Crippen molar-refractivity contribution >= 4 is 14.3 Å². The molecule has 0 fully saturated rings. The first kappa shape index (κ1) is 18.5. The van der Waals surface area contributed by atoms with Crippen LogP contribution >= 0.6 is 0 Å². The van der Waals surface area contributed by atoms with Crippen LogP contribution in [0.25, 0.3) is 0 Å². The Labute approximate surface area is 107 Å². The SMILES string of the molecule is C=CCCC(=O)O[Si](C)(C)C.C=CCCOC. The summed E-state index contributed by atoms with van der Waals surface area (Å²) in [6.07, 6.45) is 5.70. The van der Waals surface area contributed by atoms with Crippen molar-refractivity contribution in [2.45, 2.75) is 38.9 Å². The van der Waals surface area contributed by atoms with E-state index in [4.69, 9.17) is 9.16 Å². The number of carbonyl (C=O) groups is 1. The normalized spacial score (nSPS) is 9.88. The minimum Gasteiger partial charge on any atom is -0.520 e. The lowest BCUT2D eigenvalue weighted by atomic mass is 10.3. The lowest BCUT2D eigenvalue weighted by Gasteiger charge is -2.16. The first-order chi connectivity index (χ1) is 7.87. The number of hydrogen-bond donors (Lipinski definition) is 0. The number of rotatable bonds is 7. The summed E-state index contributed by atoms with van der Waals surface area (Å²) in [6.45, 7) is 13.8. The largest absolute Gasteiger partial charge is 0.520 e. The standard InChI is InChI=1S/C8H16O2Si.C5H10O/c1-5-6-7-8(9)10-11(2,3)4;1-3-4-5-6-2/h5H,1,6-7H2,2-4H3;3H,1,4-5H2,2H3. The number of allylic oxidation sites excluding steroid dienone is 1. The lowest BCUT2D eigenvalue weighted by Crippen LogP contribution is -2.28. The summed E-state index contributed by atoms with van der Waals surface area (Å²) in [6, 6.07) is 0. The van der Waals surface area contributed by atoms with Gasteiger partial charge in [-0.1, -0.05) is 12.2 Å². The van der Waals surface area contributed by atoms with Gasteiger partial charge in [0.2, 0.25) is 8.32 Å². The van der Waals surface area contributed by atoms with E-state index in [9.17, 15) is 4.79 Å². The Balaban J connectivity index is 0. The monoisotopic (exact) mass is 258 g/mol. The fourth-order valence-corrected chi connectivity index (χ4v) is 1.60. The molecule has 0 heterocycles. The second kappa shape index (κ2) is 11.6. The van der Waals surface area contributed by atoms with Crippen LogP contribution in [0.1, 0.15) is 19.3 Å². The van der Waals surface area contributed by atoms with Gasteiger partial charge in [0.15, 0.2) is 0 Å². The molecule has 0 aliphatic rings. The highest BCUT2D eigenvalue weighted by molar-refractivity contribution is 6.71. The molecule has 0 aromatic rings. The van der Waals surface area contributed by atoms with E-state index in [1.807, 2.05) is 25.7 Å². The molecule has 0 radical (unpaired) electrons. The second-order valence-electron chi connectivity index (χ2n) is 4.48. The summed E-state index contributed by atoms with van der Waals surface area (Å²) in [5, 5.41) is 0. The van der Waals surface area contributed by atoms with Crippen LogP contribution in [0.2, 0.25) is 19.6 Å². The van der Waals surface area contributed by atoms with Crippen molar-refractivity contribution in [1.82, 2.24) is 0 Å². The Kier molecular flexibility index (Phi) is 12.6. The summed E-state index contributed by atoms with van der Waals surface area (Å²) in [4.78, 5) is 11.0. The van der Waals surface area contributed by atoms with Gasteiger partial charge in [0, 0.05) is 20.1 Å². The van der Waals surface area contributed by atoms with Crippen molar-refractivity contribution in [2.24, 2.45) is 0 Å². The highest BCUT2D eigenvalue weighted by Gasteiger charge is 2.18. The average Bonchev–Trinajstić information content (AvgIpc) is 2.22. The van der Waals surface area contributed by atoms with Gasteiger partial charge in [0.05, 0.1) is 0 Å². The maximum absolute atomic E-state index is 11.0. The minimum absolute atomic E-state index is 0.0935. The topological polar surface area (TPSA) is 35.5 Å². The van der Waals surface area contributed by atoms with Gasteiger partial charge in [-0.25, -0.2) is 0 Å². The quantitative estimate of drug-likeness (QED) is 0.398. The molecule has 0 unspecified atom stereocenters. The number of hydrogen-bond acceptors (Lipinski definition) is 3. The fraction of sp³-hybridized carbons (Fsp3) is 0.615. The molecule has 0 bridgehead atoms. The van der Waals surface area contributed by atoms with Gasteiger partial charge in [-0.15, -0.1) is 13.2 Å². The maximum Gasteiger partial charge on any atom is 0.292 e. The maximum atomic E-state index is 11.0. The van der Waals surface area contributed by atoms with Gasteiger partial charge >= 0.3 is 0 Å². The molecular formula is C13H26O3Si. The summed E-state index contributed by atoms with van der Waals surface area (Å²) in [5.74, 6) is -0.0935. The van der Waals surface area contributed by atoms with Crippen molar-refractivity contribution in [3.63, 3.8) is 0 Å². The molecule has 0 amide bonds. The van der Waals surface area contributed by atoms with Gasteiger partial charge < -0.3 is 9.16 Å². The van der Waals surface area contributed by atoms with Crippen molar-refractivity contribution in [3.05, 3.63) is 25.3 Å². The van der Waals surface area contributed by atoms with E-state index >= 15 is 0 Å². The van der Waals surface area contributed by atoms with E-state index in [0.717, 1.165) is 13.0 Å². The highest BCUT2D eigenvalue weighted by atomic mass is 28.4. The molecule has 0 N–H and O–H groups in total. The number of carbonyl (C=O) groups excluding carboxylic acids is 1. The van der Waals surface area contributed by atoms with Crippen LogP contribution in [-0.2, 0) is 14.0 Å². The fourth-order valence-electron chi connectivity index (χ4n) is 0.814. The zero-order valence-corrected chi connectivity index (χ0v) is 12.6. The van der Waals surface area contributed by atoms with E-state index in [2.05, 4.69) is 13.2 Å². The summed E-state index contributed by atoms with van der Waals surface area (Å²) in [7, 11) is 0.0299. The summed E-state index contributed by atoms with van der Waals surface area (Å²) in [5.41, 5.74) is 0. The molecule has 0 saturated carbocycles. The van der Waals surface area contributed by atoms with Gasteiger partial charge in [0.1, 0.15) is 0 Å². The lowest BCUT2D eigenvalue weighted by molar-refractivity contribution is -0.135. The molecule has 0 spiro atoms. The van der Waals surface area contributed by atoms with Crippen LogP contribution in [0, 0.1) is 0 Å². The van der Waals surface area contributed by atoms with Gasteiger partial charge in [-0.2, -0.15) is 0 Å². The van der Waals surface area contributed by atoms with E-state index in [1.165, 1.54) is 0 Å². The number of methoxy groups -OCH3 is 1. The van der Waals surface area contributed by atoms with Gasteiger partial charge in [-0.3, -0.25) is 4.79 Å². The van der Waals surface area contributed by atoms with Crippen LogP contribution in [-0.4, -0.2) is 28.0 Å². The van der Waals surface area contributed by atoms with Crippen LogP contribution in [0.3, 0.4) is 0 Å². The Bertz CT molecular complexity index is 219. The molecule has 100 valence electrons. The van der Waals surface area contributed by atoms with E-state index in [0.29, 0.717) is 12.8 Å². The molecule has 3 nitrogen and oxygen atoms in total. The van der Waals surface area contributed by atoms with Crippen molar-refractivity contribution in [1.29, 1.82) is 0 Å². The average molecular weight is 258 g/mol. The summed E-state index contributed by atoms with van der Waals surface area (Å²) >= 11 is 0. The smallest absolute Gasteiger partial charge is 0.292 e. The van der Waals surface area contributed by atoms with Gasteiger partial charge in [0.25, 0.3) is 5.97 Å². The number of ether oxygens (including phenoxy) is 1. The first-order valence-corrected chi connectivity index (χ1v) is 9.20. The van der Waals surface area contributed by atoms with E-state index < -0.39 is 8.32 Å². The third-order valence-electron chi connectivity index (χ3n) is 1.50. The molecule has 0 atom stereocenters. The van der Waals surface area contributed by atoms with Crippen LogP contribution in [0.15, 0.2) is 25.3 Å². The molecule has 0 aliphatic heterocycles. The predicted molar refractivity (Wildman–Crippen MR) is 75.6 cm³/mol. The first-order valence-electron chi connectivity index (χ1n) is 5.80. The zero-order chi connectivity index (χ0) is 13.7. The van der Waals surface area contributed by atoms with E-state index in [-0.39, 0.29) is 5.97 Å². The zero-order valence-electron chi connectivity index (χ0n) is 11.6. The Morgan fingerprint density at radius 3 is 2.00 bits per heavy atom. The van der Waals surface area contributed by atoms with Crippen molar-refractivity contribution < 1.29 is 14.0 Å². The molecule has 0 aromatic carbocycles. The molecular weight excluding hydrogens is 232 g/mol. The van der Waals surface area contributed by atoms with Crippen LogP contribution in [0.5, 0.6) is 0 Å². The molecule has 0 rings (SSSR count). The molecule has 0 aliphatic carbocycles. The van der Waals surface area contributed by atoms with Crippen LogP contribution < -0.4 is 0 Å². The minimum atomic E-state index is -1.65. The van der Waals surface area contributed by atoms with Crippen molar-refractivity contribution in [2.75, 3.05) is 13.7 Å². The van der Waals surface area contributed by atoms with Crippen LogP contribution in [0.4, 0.5) is 0 Å². The predicted octanol–water partition coefficient (Wildman–Crippen LogP) is 3.54. The third-order valence-corrected chi connectivity index (χ3v) is 2.34.